The fourth-order valence-corrected chi connectivity index (χ4v) is 7.21. The summed E-state index contributed by atoms with van der Waals surface area (Å²) in [5.41, 5.74) is -0.318. The third-order valence-corrected chi connectivity index (χ3v) is 13.1. The average molecular weight is 435 g/mol. The van der Waals surface area contributed by atoms with E-state index >= 15 is 0 Å². The van der Waals surface area contributed by atoms with Crippen molar-refractivity contribution in [2.24, 2.45) is 23.2 Å². The molecule has 0 aromatic rings. The Morgan fingerprint density at radius 2 is 1.73 bits per heavy atom. The third kappa shape index (κ3) is 6.33. The zero-order valence-corrected chi connectivity index (χ0v) is 22.4. The number of hydrogen-bond acceptors (Lipinski definition) is 2. The topological polar surface area (TPSA) is 29.5 Å². The van der Waals surface area contributed by atoms with E-state index in [1.807, 2.05) is 26.0 Å². The Kier molecular flexibility index (Phi) is 8.30. The summed E-state index contributed by atoms with van der Waals surface area (Å²) < 4.78 is 7.04. The Balaban J connectivity index is 2.09. The molecule has 2 saturated carbocycles. The van der Waals surface area contributed by atoms with E-state index in [4.69, 9.17) is 4.43 Å². The lowest BCUT2D eigenvalue weighted by Gasteiger charge is -2.56. The first-order valence-electron chi connectivity index (χ1n) is 12.4. The average Bonchev–Trinajstić information content (AvgIpc) is 2.58. The zero-order chi connectivity index (χ0) is 22.8. The maximum Gasteiger partial charge on any atom is 0.192 e. The van der Waals surface area contributed by atoms with Gasteiger partial charge in [-0.1, -0.05) is 71.8 Å². The van der Waals surface area contributed by atoms with Gasteiger partial charge in [-0.2, -0.15) is 0 Å². The Hall–Kier alpha value is -0.383. The first-order chi connectivity index (χ1) is 13.7. The number of allylic oxidation sites excluding steroid dienone is 3. The van der Waals surface area contributed by atoms with E-state index in [2.05, 4.69) is 59.9 Å². The van der Waals surface area contributed by atoms with Crippen LogP contribution >= 0.6 is 0 Å². The molecule has 174 valence electrons. The predicted octanol–water partition coefficient (Wildman–Crippen LogP) is 7.89. The minimum absolute atomic E-state index is 0.281. The minimum atomic E-state index is -1.74. The van der Waals surface area contributed by atoms with E-state index < -0.39 is 13.9 Å². The van der Waals surface area contributed by atoms with Gasteiger partial charge < -0.3 is 9.53 Å². The molecule has 3 heteroatoms. The van der Waals surface area contributed by atoms with Crippen LogP contribution in [0.25, 0.3) is 0 Å². The standard InChI is InChI=1S/C27H50O2Si/c1-21(15-11-10-12-19-26(5,6)28)22-16-13-17-23-24(18-14-20-27(22,23)7)29-30(8,9)25(2,3)4/h10-12,19,21-24,28H,13-18,20H2,1-9H3/t21?,22-,23+,24+,27-/m1/s1. The van der Waals surface area contributed by atoms with Gasteiger partial charge in [-0.3, -0.25) is 0 Å². The zero-order valence-electron chi connectivity index (χ0n) is 21.4. The summed E-state index contributed by atoms with van der Waals surface area (Å²) in [4.78, 5) is 0. The Morgan fingerprint density at radius 3 is 2.33 bits per heavy atom. The van der Waals surface area contributed by atoms with Crippen molar-refractivity contribution in [2.45, 2.75) is 123 Å². The second-order valence-electron chi connectivity index (χ2n) is 12.6. The largest absolute Gasteiger partial charge is 0.414 e. The van der Waals surface area contributed by atoms with Gasteiger partial charge >= 0.3 is 0 Å². The highest BCUT2D eigenvalue weighted by Gasteiger charge is 2.52. The molecule has 0 bridgehead atoms. The molecule has 0 aromatic heterocycles. The van der Waals surface area contributed by atoms with E-state index in [-0.39, 0.29) is 5.04 Å². The highest BCUT2D eigenvalue weighted by molar-refractivity contribution is 6.74. The van der Waals surface area contributed by atoms with Crippen molar-refractivity contribution in [3.8, 4) is 0 Å². The van der Waals surface area contributed by atoms with Crippen molar-refractivity contribution in [1.82, 2.24) is 0 Å². The van der Waals surface area contributed by atoms with E-state index in [0.29, 0.717) is 17.4 Å². The molecule has 0 spiro atoms. The molecule has 2 rings (SSSR count). The van der Waals surface area contributed by atoms with Crippen LogP contribution in [0.3, 0.4) is 0 Å². The summed E-state index contributed by atoms with van der Waals surface area (Å²) in [6, 6.07) is 0. The smallest absolute Gasteiger partial charge is 0.192 e. The molecule has 0 aromatic carbocycles. The highest BCUT2D eigenvalue weighted by atomic mass is 28.4. The predicted molar refractivity (Wildman–Crippen MR) is 133 cm³/mol. The van der Waals surface area contributed by atoms with Gasteiger partial charge in [-0.25, -0.2) is 0 Å². The first-order valence-corrected chi connectivity index (χ1v) is 15.3. The van der Waals surface area contributed by atoms with Gasteiger partial charge in [0.05, 0.1) is 5.60 Å². The molecule has 0 saturated heterocycles. The van der Waals surface area contributed by atoms with Crippen LogP contribution in [-0.2, 0) is 4.43 Å². The number of rotatable bonds is 7. The molecule has 30 heavy (non-hydrogen) atoms. The monoisotopic (exact) mass is 434 g/mol. The fourth-order valence-electron chi connectivity index (χ4n) is 5.82. The minimum Gasteiger partial charge on any atom is -0.414 e. The maximum absolute atomic E-state index is 9.82. The molecule has 0 heterocycles. The van der Waals surface area contributed by atoms with Gasteiger partial charge in [-0.05, 0) is 87.3 Å². The SMILES string of the molecule is CC(CC=CC=CC(C)(C)O)[C@H]1CCC[C@H]2[C@@H](O[Si](C)(C)C(C)(C)C)CCC[C@]12C. The lowest BCUT2D eigenvalue weighted by Crippen LogP contribution is -2.54. The van der Waals surface area contributed by atoms with Crippen LogP contribution < -0.4 is 0 Å². The van der Waals surface area contributed by atoms with E-state index in [9.17, 15) is 5.11 Å². The van der Waals surface area contributed by atoms with Crippen LogP contribution in [0.15, 0.2) is 24.3 Å². The molecule has 1 unspecified atom stereocenters. The van der Waals surface area contributed by atoms with Crippen LogP contribution in [0.2, 0.25) is 18.1 Å². The summed E-state index contributed by atoms with van der Waals surface area (Å²) in [5, 5.41) is 10.1. The van der Waals surface area contributed by atoms with Crippen molar-refractivity contribution >= 4 is 8.32 Å². The van der Waals surface area contributed by atoms with Crippen LogP contribution in [-0.4, -0.2) is 25.1 Å². The molecular weight excluding hydrogens is 384 g/mol. The quantitative estimate of drug-likeness (QED) is 0.326. The van der Waals surface area contributed by atoms with Crippen LogP contribution in [0.4, 0.5) is 0 Å². The normalized spacial score (nSPS) is 32.5. The van der Waals surface area contributed by atoms with E-state index in [0.717, 1.165) is 18.3 Å². The Bertz CT molecular complexity index is 607. The molecular formula is C27H50O2Si. The van der Waals surface area contributed by atoms with Crippen molar-refractivity contribution in [3.05, 3.63) is 24.3 Å². The molecule has 5 atom stereocenters. The lowest BCUT2D eigenvalue weighted by atomic mass is 9.52. The Morgan fingerprint density at radius 1 is 1.07 bits per heavy atom. The summed E-state index contributed by atoms with van der Waals surface area (Å²) in [6.45, 7) is 20.6. The number of hydrogen-bond donors (Lipinski definition) is 1. The molecule has 2 nitrogen and oxygen atoms in total. The highest BCUT2D eigenvalue weighted by Crippen LogP contribution is 2.57. The molecule has 2 fully saturated rings. The van der Waals surface area contributed by atoms with Crippen LogP contribution in [0.5, 0.6) is 0 Å². The second kappa shape index (κ2) is 9.63. The first kappa shape index (κ1) is 25.9. The summed E-state index contributed by atoms with van der Waals surface area (Å²) in [5.74, 6) is 2.20. The maximum atomic E-state index is 9.82. The third-order valence-electron chi connectivity index (χ3n) is 8.58. The van der Waals surface area contributed by atoms with Gasteiger partial charge in [0.1, 0.15) is 0 Å². The molecule has 2 aliphatic carbocycles. The van der Waals surface area contributed by atoms with Crippen LogP contribution in [0.1, 0.15) is 93.4 Å². The van der Waals surface area contributed by atoms with E-state index in [1.165, 1.54) is 38.5 Å². The summed E-state index contributed by atoms with van der Waals surface area (Å²) in [6.07, 6.45) is 17.9. The van der Waals surface area contributed by atoms with Gasteiger partial charge in [0.25, 0.3) is 0 Å². The second-order valence-corrected chi connectivity index (χ2v) is 17.4. The molecule has 0 aliphatic heterocycles. The molecule has 2 aliphatic rings. The van der Waals surface area contributed by atoms with Crippen LogP contribution in [0, 0.1) is 23.2 Å². The lowest BCUT2D eigenvalue weighted by molar-refractivity contribution is -0.0862. The van der Waals surface area contributed by atoms with Crippen molar-refractivity contribution < 1.29 is 9.53 Å². The van der Waals surface area contributed by atoms with E-state index in [1.54, 1.807) is 0 Å². The number of fused-ring (bicyclic) bond motifs is 1. The number of aliphatic hydroxyl groups is 1. The van der Waals surface area contributed by atoms with Crippen molar-refractivity contribution in [2.75, 3.05) is 0 Å². The molecule has 0 amide bonds. The van der Waals surface area contributed by atoms with Crippen molar-refractivity contribution in [1.29, 1.82) is 0 Å². The molecule has 0 radical (unpaired) electrons. The molecule has 1 N–H and O–H groups in total. The van der Waals surface area contributed by atoms with Gasteiger partial charge in [0.2, 0.25) is 0 Å². The Labute approximate surface area is 188 Å². The summed E-state index contributed by atoms with van der Waals surface area (Å²) >= 11 is 0. The van der Waals surface area contributed by atoms with Crippen molar-refractivity contribution in [3.63, 3.8) is 0 Å². The summed E-state index contributed by atoms with van der Waals surface area (Å²) in [7, 11) is -1.74. The van der Waals surface area contributed by atoms with Gasteiger partial charge in [-0.15, -0.1) is 0 Å². The van der Waals surface area contributed by atoms with Gasteiger partial charge in [0.15, 0.2) is 8.32 Å². The van der Waals surface area contributed by atoms with Gasteiger partial charge in [0, 0.05) is 6.10 Å². The fraction of sp³-hybridized carbons (Fsp3) is 0.852.